The highest BCUT2D eigenvalue weighted by Crippen LogP contribution is 2.25. The predicted octanol–water partition coefficient (Wildman–Crippen LogP) is 1.16. The van der Waals surface area contributed by atoms with Crippen LogP contribution in [0.2, 0.25) is 0 Å². The summed E-state index contributed by atoms with van der Waals surface area (Å²) in [6.07, 6.45) is 5.31. The zero-order valence-electron chi connectivity index (χ0n) is 15.1. The number of carbonyl (C=O) groups is 2. The smallest absolute Gasteiger partial charge is 0.274 e. The van der Waals surface area contributed by atoms with Crippen molar-refractivity contribution in [3.8, 4) is 0 Å². The van der Waals surface area contributed by atoms with Crippen LogP contribution >= 0.6 is 11.8 Å². The molecule has 0 bridgehead atoms. The van der Waals surface area contributed by atoms with Crippen LogP contribution in [0.3, 0.4) is 0 Å². The van der Waals surface area contributed by atoms with Crippen molar-refractivity contribution < 1.29 is 9.59 Å². The van der Waals surface area contributed by atoms with E-state index in [9.17, 15) is 14.4 Å². The third-order valence-electron chi connectivity index (χ3n) is 4.69. The molecule has 7 nitrogen and oxygen atoms in total. The zero-order chi connectivity index (χ0) is 19.1. The number of amides is 2. The molecule has 0 atom stereocenters. The molecule has 3 rings (SSSR count). The Morgan fingerprint density at radius 1 is 1.15 bits per heavy atom. The Labute approximate surface area is 161 Å². The van der Waals surface area contributed by atoms with Gasteiger partial charge in [-0.25, -0.2) is 4.68 Å². The highest BCUT2D eigenvalue weighted by Gasteiger charge is 2.17. The van der Waals surface area contributed by atoms with Crippen molar-refractivity contribution in [1.82, 2.24) is 20.4 Å². The van der Waals surface area contributed by atoms with Gasteiger partial charge < -0.3 is 10.6 Å². The Kier molecular flexibility index (Phi) is 6.86. The van der Waals surface area contributed by atoms with Crippen LogP contribution in [0.25, 0.3) is 10.8 Å². The van der Waals surface area contributed by atoms with Crippen molar-refractivity contribution in [3.63, 3.8) is 0 Å². The van der Waals surface area contributed by atoms with Crippen molar-refractivity contribution in [2.75, 3.05) is 24.6 Å². The van der Waals surface area contributed by atoms with Crippen LogP contribution in [0.15, 0.2) is 35.3 Å². The van der Waals surface area contributed by atoms with Crippen LogP contribution in [-0.2, 0) is 16.1 Å². The summed E-state index contributed by atoms with van der Waals surface area (Å²) >= 11 is 1.29. The average Bonchev–Trinajstić information content (AvgIpc) is 2.62. The van der Waals surface area contributed by atoms with Crippen LogP contribution in [0.4, 0.5) is 0 Å². The molecule has 27 heavy (non-hydrogen) atoms. The Morgan fingerprint density at radius 3 is 2.63 bits per heavy atom. The highest BCUT2D eigenvalue weighted by molar-refractivity contribution is 8.00. The first-order chi connectivity index (χ1) is 13.1. The van der Waals surface area contributed by atoms with Crippen LogP contribution in [0.5, 0.6) is 0 Å². The van der Waals surface area contributed by atoms with Gasteiger partial charge in [-0.2, -0.15) is 5.10 Å². The van der Waals surface area contributed by atoms with E-state index in [1.165, 1.54) is 35.7 Å². The van der Waals surface area contributed by atoms with E-state index in [-0.39, 0.29) is 28.9 Å². The van der Waals surface area contributed by atoms with Gasteiger partial charge in [-0.05, 0) is 24.8 Å². The molecule has 144 valence electrons. The molecular formula is C19H24N4O3S. The number of hydrogen-bond acceptors (Lipinski definition) is 5. The zero-order valence-corrected chi connectivity index (χ0v) is 16.0. The number of nitrogens with zero attached hydrogens (tertiary/aromatic N) is 2. The summed E-state index contributed by atoms with van der Waals surface area (Å²) in [7, 11) is 0. The van der Waals surface area contributed by atoms with Gasteiger partial charge in [0.25, 0.3) is 5.56 Å². The number of carbonyl (C=O) groups excluding carboxylic acids is 2. The van der Waals surface area contributed by atoms with Gasteiger partial charge in [0.15, 0.2) is 0 Å². The van der Waals surface area contributed by atoms with E-state index in [1.807, 2.05) is 18.2 Å². The number of thioether (sulfide) groups is 1. The van der Waals surface area contributed by atoms with Gasteiger partial charge in [-0.1, -0.05) is 24.6 Å². The first-order valence-corrected chi connectivity index (χ1v) is 10.3. The minimum Gasteiger partial charge on any atom is -0.355 e. The second-order valence-corrected chi connectivity index (χ2v) is 7.69. The number of nitrogens with one attached hydrogen (secondary N) is 2. The number of aromatic nitrogens is 2. The predicted molar refractivity (Wildman–Crippen MR) is 107 cm³/mol. The fraction of sp³-hybridized carbons (Fsp3) is 0.474. The van der Waals surface area contributed by atoms with Crippen LogP contribution in [0, 0.1) is 5.92 Å². The summed E-state index contributed by atoms with van der Waals surface area (Å²) in [6.45, 7) is 1.37. The minimum atomic E-state index is -0.167. The summed E-state index contributed by atoms with van der Waals surface area (Å²) in [5, 5.41) is 11.2. The third-order valence-corrected chi connectivity index (χ3v) is 5.62. The van der Waals surface area contributed by atoms with Gasteiger partial charge in [0.2, 0.25) is 11.8 Å². The Bertz CT molecular complexity index is 863. The second-order valence-electron chi connectivity index (χ2n) is 6.70. The van der Waals surface area contributed by atoms with Gasteiger partial charge >= 0.3 is 0 Å². The fourth-order valence-electron chi connectivity index (χ4n) is 2.88. The summed E-state index contributed by atoms with van der Waals surface area (Å²) < 4.78 is 1.35. The van der Waals surface area contributed by atoms with Crippen molar-refractivity contribution in [1.29, 1.82) is 0 Å². The molecule has 0 radical (unpaired) electrons. The molecule has 1 aliphatic rings. The quantitative estimate of drug-likeness (QED) is 0.672. The molecule has 2 N–H and O–H groups in total. The maximum absolute atomic E-state index is 12.3. The molecule has 1 aromatic carbocycles. The maximum atomic E-state index is 12.3. The van der Waals surface area contributed by atoms with E-state index in [2.05, 4.69) is 15.7 Å². The van der Waals surface area contributed by atoms with Crippen LogP contribution in [-0.4, -0.2) is 46.2 Å². The van der Waals surface area contributed by atoms with Gasteiger partial charge in [0.05, 0.1) is 29.6 Å². The maximum Gasteiger partial charge on any atom is 0.274 e. The van der Waals surface area contributed by atoms with Gasteiger partial charge in [-0.15, -0.1) is 11.8 Å². The number of benzene rings is 1. The normalized spacial score (nSPS) is 13.9. The summed E-state index contributed by atoms with van der Waals surface area (Å²) in [5.74, 6) is 0.963. The lowest BCUT2D eigenvalue weighted by atomic mass is 9.85. The third kappa shape index (κ3) is 5.56. The molecule has 2 amide bonds. The average molecular weight is 388 g/mol. The van der Waals surface area contributed by atoms with E-state index in [4.69, 9.17) is 0 Å². The lowest BCUT2D eigenvalue weighted by molar-refractivity contribution is -0.119. The summed E-state index contributed by atoms with van der Waals surface area (Å²) in [4.78, 5) is 35.9. The Morgan fingerprint density at radius 2 is 1.89 bits per heavy atom. The number of fused-ring (bicyclic) bond motifs is 1. The standard InChI is InChI=1S/C19H24N4O3S/c24-17(12-27-13-18(25)21-10-14-4-3-5-14)20-8-9-23-19(26)16-7-2-1-6-15(16)11-22-23/h1-2,6-7,11,14H,3-5,8-10,12-13H2,(H,20,24)(H,21,25). The molecule has 1 heterocycles. The minimum absolute atomic E-state index is 0.0217. The molecule has 8 heteroatoms. The van der Waals surface area contributed by atoms with E-state index in [1.54, 1.807) is 12.3 Å². The fourth-order valence-corrected chi connectivity index (χ4v) is 3.56. The molecule has 1 aliphatic carbocycles. The van der Waals surface area contributed by atoms with Crippen molar-refractivity contribution in [2.24, 2.45) is 5.92 Å². The van der Waals surface area contributed by atoms with E-state index >= 15 is 0 Å². The monoisotopic (exact) mass is 388 g/mol. The SMILES string of the molecule is O=C(CSCC(=O)NCC1CCC1)NCCn1ncc2ccccc2c1=O. The highest BCUT2D eigenvalue weighted by atomic mass is 32.2. The lowest BCUT2D eigenvalue weighted by Gasteiger charge is -2.25. The molecule has 2 aromatic rings. The first kappa shape index (κ1) is 19.4. The van der Waals surface area contributed by atoms with Gasteiger partial charge in [-0.3, -0.25) is 14.4 Å². The summed E-state index contributed by atoms with van der Waals surface area (Å²) in [5.41, 5.74) is -0.167. The molecule has 1 aromatic heterocycles. The number of hydrogen-bond donors (Lipinski definition) is 2. The lowest BCUT2D eigenvalue weighted by Crippen LogP contribution is -2.34. The molecule has 0 unspecified atom stereocenters. The second kappa shape index (κ2) is 9.55. The van der Waals surface area contributed by atoms with Gasteiger partial charge in [0.1, 0.15) is 0 Å². The van der Waals surface area contributed by atoms with Crippen molar-refractivity contribution >= 4 is 34.3 Å². The van der Waals surface area contributed by atoms with E-state index < -0.39 is 0 Å². The Balaban J connectivity index is 1.34. The Hall–Kier alpha value is -2.35. The van der Waals surface area contributed by atoms with Crippen LogP contribution in [0.1, 0.15) is 19.3 Å². The van der Waals surface area contributed by atoms with E-state index in [0.717, 1.165) is 11.9 Å². The molecule has 0 aliphatic heterocycles. The molecule has 0 spiro atoms. The van der Waals surface area contributed by atoms with E-state index in [0.29, 0.717) is 24.4 Å². The van der Waals surface area contributed by atoms with Crippen molar-refractivity contribution in [2.45, 2.75) is 25.8 Å². The molecule has 0 saturated heterocycles. The largest absolute Gasteiger partial charge is 0.355 e. The summed E-state index contributed by atoms with van der Waals surface area (Å²) in [6, 6.07) is 7.28. The van der Waals surface area contributed by atoms with Crippen molar-refractivity contribution in [3.05, 3.63) is 40.8 Å². The molecule has 1 fully saturated rings. The molecular weight excluding hydrogens is 364 g/mol. The topological polar surface area (TPSA) is 93.1 Å². The first-order valence-electron chi connectivity index (χ1n) is 9.19. The van der Waals surface area contributed by atoms with Crippen LogP contribution < -0.4 is 16.2 Å². The molecule has 1 saturated carbocycles. The van der Waals surface area contributed by atoms with Gasteiger partial charge in [0, 0.05) is 18.5 Å². The number of rotatable bonds is 9.